The predicted octanol–water partition coefficient (Wildman–Crippen LogP) is 1.02. The van der Waals surface area contributed by atoms with Crippen molar-refractivity contribution >= 4 is 30.4 Å². The van der Waals surface area contributed by atoms with E-state index in [4.69, 9.17) is 0 Å². The van der Waals surface area contributed by atoms with Crippen molar-refractivity contribution in [3.63, 3.8) is 0 Å². The molecule has 0 aliphatic heterocycles. The fraction of sp³-hybridized carbons (Fsp3) is 0.615. The summed E-state index contributed by atoms with van der Waals surface area (Å²) < 4.78 is 11.9. The van der Waals surface area contributed by atoms with Gasteiger partial charge in [-0.25, -0.2) is 33.9 Å². The lowest BCUT2D eigenvalue weighted by Gasteiger charge is -1.97. The van der Waals surface area contributed by atoms with Crippen molar-refractivity contribution in [1.29, 1.82) is 0 Å². The van der Waals surface area contributed by atoms with Crippen molar-refractivity contribution in [2.24, 2.45) is 0 Å². The highest BCUT2D eigenvalue weighted by molar-refractivity contribution is 5.69. The second kappa shape index (κ2) is 26.9. The minimum Gasteiger partial charge on any atom is -0.436 e. The molecule has 0 aromatic heterocycles. The molecule has 16 nitrogen and oxygen atoms in total. The second-order valence-electron chi connectivity index (χ2n) is 3.26. The third-order valence-corrected chi connectivity index (χ3v) is 1.27. The van der Waals surface area contributed by atoms with Crippen LogP contribution in [0.15, 0.2) is 0 Å². The number of rotatable bonds is 2. The Morgan fingerprint density at radius 2 is 0.690 bits per heavy atom. The van der Waals surface area contributed by atoms with Gasteiger partial charge in [0, 0.05) is 13.8 Å². The maximum atomic E-state index is 10.1. The minimum atomic E-state index is -1.12. The van der Waals surface area contributed by atoms with Gasteiger partial charge in [0.25, 0.3) is 0 Å². The molecule has 0 bridgehead atoms. The third-order valence-electron chi connectivity index (χ3n) is 1.27. The fourth-order valence-electron chi connectivity index (χ4n) is 0.355. The van der Waals surface area contributed by atoms with E-state index in [-0.39, 0.29) is 0 Å². The number of hydrogen-bond acceptors (Lipinski definition) is 16. The quantitative estimate of drug-likeness (QED) is 0.258. The molecule has 16 heteroatoms. The summed E-state index contributed by atoms with van der Waals surface area (Å²) in [5.41, 5.74) is 0. The van der Waals surface area contributed by atoms with Crippen LogP contribution in [-0.4, -0.2) is 73.1 Å². The molecule has 172 valence electrons. The van der Waals surface area contributed by atoms with Crippen molar-refractivity contribution < 1.29 is 77.3 Å². The van der Waals surface area contributed by atoms with Crippen LogP contribution >= 0.6 is 0 Å². The van der Waals surface area contributed by atoms with Crippen LogP contribution in [0.5, 0.6) is 0 Å². The van der Waals surface area contributed by atoms with Gasteiger partial charge in [0.15, 0.2) is 0 Å². The Kier molecular flexibility index (Phi) is 30.8. The Morgan fingerprint density at radius 1 is 0.414 bits per heavy atom. The Balaban J connectivity index is -0.000000150. The summed E-state index contributed by atoms with van der Waals surface area (Å²) in [4.78, 5) is 80.5. The molecule has 0 aliphatic rings. The van der Waals surface area contributed by atoms with E-state index in [2.05, 4.69) is 53.3 Å². The smallest absolute Gasteiger partial charge is 0.436 e. The van der Waals surface area contributed by atoms with Crippen molar-refractivity contribution in [1.82, 2.24) is 0 Å². The van der Waals surface area contributed by atoms with E-state index in [0.717, 1.165) is 28.1 Å². The largest absolute Gasteiger partial charge is 0.549 e. The Morgan fingerprint density at radius 3 is 0.828 bits per heavy atom. The number of carbonyl (C=O) groups excluding carboxylic acids is 5. The van der Waals surface area contributed by atoms with E-state index in [1.807, 2.05) is 0 Å². The van der Waals surface area contributed by atoms with Gasteiger partial charge in [-0.2, -0.15) is 24.3 Å². The Bertz CT molecular complexity index is 416. The molecule has 0 saturated carbocycles. The first kappa shape index (κ1) is 33.2. The van der Waals surface area contributed by atoms with Gasteiger partial charge in [-0.3, -0.25) is 4.89 Å². The number of ether oxygens (including phenoxy) is 3. The topological polar surface area (TPSA) is 187 Å². The van der Waals surface area contributed by atoms with E-state index in [1.54, 1.807) is 0 Å². The van der Waals surface area contributed by atoms with Crippen LogP contribution in [0.2, 0.25) is 0 Å². The minimum absolute atomic E-state index is 0.639. The number of carbonyl (C=O) groups is 5. The molecule has 0 aromatic rings. The van der Waals surface area contributed by atoms with Gasteiger partial charge in [0.1, 0.15) is 0 Å². The number of methoxy groups -OCH3 is 3. The summed E-state index contributed by atoms with van der Waals surface area (Å²) in [5.74, 6) is -1.28. The third kappa shape index (κ3) is 45.6. The van der Waals surface area contributed by atoms with Crippen LogP contribution in [0, 0.1) is 0 Å². The molecule has 0 saturated heterocycles. The lowest BCUT2D eigenvalue weighted by molar-refractivity contribution is -0.255. The van der Waals surface area contributed by atoms with Crippen molar-refractivity contribution in [3.8, 4) is 0 Å². The zero-order valence-electron chi connectivity index (χ0n) is 17.0. The zero-order chi connectivity index (χ0) is 23.7. The summed E-state index contributed by atoms with van der Waals surface area (Å²) in [6.45, 7) is 2.28. The summed E-state index contributed by atoms with van der Waals surface area (Å²) in [7, 11) is 7.48. The van der Waals surface area contributed by atoms with Crippen LogP contribution in [0.25, 0.3) is 0 Å². The molecule has 29 heavy (non-hydrogen) atoms. The van der Waals surface area contributed by atoms with E-state index in [0.29, 0.717) is 0 Å². The van der Waals surface area contributed by atoms with Crippen molar-refractivity contribution in [3.05, 3.63) is 0 Å². The first-order chi connectivity index (χ1) is 13.6. The standard InChI is InChI=1S/C4H6O6.C4H6O4.C3H6O4.C2H6O2/c1-7-3(5)9-10-4(6)8-2;1-3(5)7-8-4(2)6;1-5-3(4)7-6-2;1-3-4-2/h1-2H3;1-2H3;1-2H3;1-2H3. The highest BCUT2D eigenvalue weighted by atomic mass is 17.3. The van der Waals surface area contributed by atoms with Crippen molar-refractivity contribution in [2.45, 2.75) is 13.8 Å². The number of hydrogen-bond donors (Lipinski definition) is 0. The van der Waals surface area contributed by atoms with Gasteiger partial charge in [-0.05, 0) is 0 Å². The summed E-state index contributed by atoms with van der Waals surface area (Å²) >= 11 is 0. The second-order valence-corrected chi connectivity index (χ2v) is 3.26. The molecule has 0 heterocycles. The lowest BCUT2D eigenvalue weighted by atomic mass is 10.8. The van der Waals surface area contributed by atoms with Gasteiger partial charge in [-0.15, -0.1) is 0 Å². The average molecular weight is 436 g/mol. The molecule has 0 N–H and O–H groups in total. The van der Waals surface area contributed by atoms with Gasteiger partial charge in [0.2, 0.25) is 0 Å². The molecule has 0 radical (unpaired) electrons. The Labute approximate surface area is 165 Å². The first-order valence-electron chi connectivity index (χ1n) is 6.77. The normalized spacial score (nSPS) is 7.72. The van der Waals surface area contributed by atoms with E-state index >= 15 is 0 Å². The van der Waals surface area contributed by atoms with Crippen LogP contribution < -0.4 is 0 Å². The van der Waals surface area contributed by atoms with E-state index < -0.39 is 30.4 Å². The highest BCUT2D eigenvalue weighted by Crippen LogP contribution is 1.87. The molecule has 0 aromatic carbocycles. The summed E-state index contributed by atoms with van der Waals surface area (Å²) in [6, 6.07) is 0. The maximum absolute atomic E-state index is 10.1. The van der Waals surface area contributed by atoms with Crippen LogP contribution in [0.3, 0.4) is 0 Å². The highest BCUT2D eigenvalue weighted by Gasteiger charge is 2.07. The fourth-order valence-corrected chi connectivity index (χ4v) is 0.355. The summed E-state index contributed by atoms with van der Waals surface area (Å²) in [6.07, 6.45) is -3.08. The lowest BCUT2D eigenvalue weighted by Crippen LogP contribution is -2.10. The summed E-state index contributed by atoms with van der Waals surface area (Å²) in [5, 5.41) is 0. The van der Waals surface area contributed by atoms with E-state index in [1.165, 1.54) is 28.4 Å². The van der Waals surface area contributed by atoms with Gasteiger partial charge >= 0.3 is 30.4 Å². The maximum Gasteiger partial charge on any atom is 0.549 e. The molecule has 0 amide bonds. The van der Waals surface area contributed by atoms with Crippen LogP contribution in [0.1, 0.15) is 13.8 Å². The molecule has 0 spiro atoms. The molecular formula is C13H24O16. The predicted molar refractivity (Wildman–Crippen MR) is 85.0 cm³/mol. The average Bonchev–Trinajstić information content (AvgIpc) is 2.71. The monoisotopic (exact) mass is 436 g/mol. The molecule has 0 aliphatic carbocycles. The van der Waals surface area contributed by atoms with Crippen LogP contribution in [-0.2, 0) is 62.9 Å². The zero-order valence-corrected chi connectivity index (χ0v) is 17.0. The molecule has 0 rings (SSSR count). The van der Waals surface area contributed by atoms with Gasteiger partial charge in [-0.1, -0.05) is 0 Å². The molecule has 0 fully saturated rings. The van der Waals surface area contributed by atoms with Crippen LogP contribution in [0.4, 0.5) is 14.4 Å². The Hall–Kier alpha value is -3.37. The van der Waals surface area contributed by atoms with E-state index in [9.17, 15) is 24.0 Å². The van der Waals surface area contributed by atoms with Crippen molar-refractivity contribution in [2.75, 3.05) is 42.7 Å². The SMILES string of the molecule is CC(=O)OOC(C)=O.COC(=O)OOC(=O)OC.COOC.COOC(=O)OC. The molecule has 0 atom stereocenters. The molecule has 0 unspecified atom stereocenters. The first-order valence-corrected chi connectivity index (χ1v) is 6.77. The van der Waals surface area contributed by atoms with Gasteiger partial charge < -0.3 is 14.2 Å². The molecular weight excluding hydrogens is 412 g/mol. The van der Waals surface area contributed by atoms with Gasteiger partial charge in [0.05, 0.1) is 42.7 Å².